The highest BCUT2D eigenvalue weighted by Gasteiger charge is 2.70. The lowest BCUT2D eigenvalue weighted by Crippen LogP contribution is -2.64. The summed E-state index contributed by atoms with van der Waals surface area (Å²) in [6, 6.07) is 2.46. The van der Waals surface area contributed by atoms with Crippen LogP contribution in [-0.2, 0) is 9.53 Å². The molecule has 4 aliphatic carbocycles. The molecule has 4 fully saturated rings. The molecule has 0 amide bonds. The number of allylic oxidation sites excluding steroid dienone is 1. The number of nitrogens with zero attached hydrogens (tertiary/aromatic N) is 1. The molecule has 0 saturated heterocycles. The topological polar surface area (TPSA) is 50.1 Å². The summed E-state index contributed by atoms with van der Waals surface area (Å²) in [5.74, 6) is 3.42. The lowest BCUT2D eigenvalue weighted by atomic mass is 9.34. The Labute approximate surface area is 209 Å². The minimum absolute atomic E-state index is 0.0693. The largest absolute Gasteiger partial charge is 0.469 e. The van der Waals surface area contributed by atoms with Crippen molar-refractivity contribution in [1.29, 1.82) is 5.26 Å². The van der Waals surface area contributed by atoms with E-state index in [1.807, 2.05) is 0 Å². The van der Waals surface area contributed by atoms with Crippen LogP contribution in [0.1, 0.15) is 106 Å². The van der Waals surface area contributed by atoms with Gasteiger partial charge in [0, 0.05) is 6.42 Å². The average molecular weight is 468 g/mol. The average Bonchev–Trinajstić information content (AvgIpc) is 3.19. The molecule has 0 aromatic carbocycles. The predicted molar refractivity (Wildman–Crippen MR) is 138 cm³/mol. The molecule has 0 aromatic heterocycles. The van der Waals surface area contributed by atoms with E-state index in [1.165, 1.54) is 37.7 Å². The summed E-state index contributed by atoms with van der Waals surface area (Å²) in [5, 5.41) is 9.51. The van der Waals surface area contributed by atoms with E-state index in [0.29, 0.717) is 41.9 Å². The zero-order valence-corrected chi connectivity index (χ0v) is 23.0. The summed E-state index contributed by atoms with van der Waals surface area (Å²) in [6.07, 6.45) is 10.8. The maximum atomic E-state index is 13.4. The van der Waals surface area contributed by atoms with E-state index in [1.54, 1.807) is 7.11 Å². The van der Waals surface area contributed by atoms with Crippen molar-refractivity contribution in [2.24, 2.45) is 57.2 Å². The number of carbonyl (C=O) groups excluding carboxylic acids is 1. The van der Waals surface area contributed by atoms with Crippen molar-refractivity contribution in [1.82, 2.24) is 0 Å². The fourth-order valence-corrected chi connectivity index (χ4v) is 10.8. The fraction of sp³-hybridized carbons (Fsp3) is 0.871. The molecule has 0 heterocycles. The Morgan fingerprint density at radius 1 is 1.06 bits per heavy atom. The van der Waals surface area contributed by atoms with Gasteiger partial charge in [-0.25, -0.2) is 0 Å². The highest BCUT2D eigenvalue weighted by molar-refractivity contribution is 5.78. The first-order valence-corrected chi connectivity index (χ1v) is 14.0. The van der Waals surface area contributed by atoms with E-state index in [4.69, 9.17) is 4.74 Å². The van der Waals surface area contributed by atoms with Crippen LogP contribution in [0, 0.1) is 68.5 Å². The van der Waals surface area contributed by atoms with Crippen LogP contribution in [0.3, 0.4) is 0 Å². The van der Waals surface area contributed by atoms with Gasteiger partial charge < -0.3 is 4.74 Å². The third-order valence-corrected chi connectivity index (χ3v) is 12.6. The molecular weight excluding hydrogens is 418 g/mol. The van der Waals surface area contributed by atoms with E-state index in [0.717, 1.165) is 25.7 Å². The Bertz CT molecular complexity index is 871. The molecule has 9 atom stereocenters. The minimum Gasteiger partial charge on any atom is -0.469 e. The number of nitriles is 1. The standard InChI is InChI=1S/C31H49NO2/c1-20(2)22-12-16-31(27(33)34-8)18-17-29(6)24(26(22)31)10-11-25-28(5,14-9-19-32)23(21(3)4)13-15-30(25,29)7/h20,22-26H,3,9-18H2,1-2,4-8H3/t22-,23?,24?,25?,26?,28?,29+,30?,31?/m0/s1. The number of hydrogen-bond acceptors (Lipinski definition) is 3. The van der Waals surface area contributed by atoms with Crippen molar-refractivity contribution in [2.75, 3.05) is 7.11 Å². The smallest absolute Gasteiger partial charge is 0.312 e. The summed E-state index contributed by atoms with van der Waals surface area (Å²) in [7, 11) is 1.60. The summed E-state index contributed by atoms with van der Waals surface area (Å²) < 4.78 is 5.51. The molecule has 34 heavy (non-hydrogen) atoms. The number of esters is 1. The Kier molecular flexibility index (Phi) is 6.58. The van der Waals surface area contributed by atoms with Crippen LogP contribution in [0.25, 0.3) is 0 Å². The van der Waals surface area contributed by atoms with E-state index in [2.05, 4.69) is 54.2 Å². The number of hydrogen-bond donors (Lipinski definition) is 0. The first kappa shape index (κ1) is 25.8. The predicted octanol–water partition coefficient (Wildman–Crippen LogP) is 7.96. The zero-order chi connectivity index (χ0) is 25.1. The molecule has 7 unspecified atom stereocenters. The third kappa shape index (κ3) is 3.29. The highest BCUT2D eigenvalue weighted by atomic mass is 16.5. The SMILES string of the molecule is C=C(C)C1CCC2(C)C(CCC3C4[C@H](C(C)C)CCC4(C(=O)OC)CC[C@]32C)C1(C)CCC#N. The van der Waals surface area contributed by atoms with Crippen LogP contribution >= 0.6 is 0 Å². The van der Waals surface area contributed by atoms with E-state index in [9.17, 15) is 10.1 Å². The van der Waals surface area contributed by atoms with Crippen molar-refractivity contribution in [3.63, 3.8) is 0 Å². The maximum Gasteiger partial charge on any atom is 0.312 e. The van der Waals surface area contributed by atoms with Gasteiger partial charge in [0.05, 0.1) is 18.6 Å². The Morgan fingerprint density at radius 2 is 1.76 bits per heavy atom. The summed E-state index contributed by atoms with van der Waals surface area (Å²) in [5.41, 5.74) is 1.63. The normalized spacial score (nSPS) is 47.8. The Morgan fingerprint density at radius 3 is 2.35 bits per heavy atom. The van der Waals surface area contributed by atoms with Crippen molar-refractivity contribution in [3.8, 4) is 6.07 Å². The second kappa shape index (κ2) is 8.67. The van der Waals surface area contributed by atoms with Crippen molar-refractivity contribution in [2.45, 2.75) is 106 Å². The summed E-state index contributed by atoms with van der Waals surface area (Å²) >= 11 is 0. The molecule has 190 valence electrons. The number of methoxy groups -OCH3 is 1. The minimum atomic E-state index is -0.268. The molecule has 0 aromatic rings. The fourth-order valence-electron chi connectivity index (χ4n) is 10.8. The number of carbonyl (C=O) groups is 1. The lowest BCUT2D eigenvalue weighted by molar-refractivity contribution is -0.222. The van der Waals surface area contributed by atoms with Crippen molar-refractivity contribution >= 4 is 5.97 Å². The zero-order valence-electron chi connectivity index (χ0n) is 23.0. The molecule has 0 spiro atoms. The molecule has 0 aliphatic heterocycles. The second-order valence-corrected chi connectivity index (χ2v) is 13.8. The van der Waals surface area contributed by atoms with E-state index in [-0.39, 0.29) is 27.6 Å². The van der Waals surface area contributed by atoms with Gasteiger partial charge in [-0.1, -0.05) is 46.8 Å². The van der Waals surface area contributed by atoms with Crippen LogP contribution in [-0.4, -0.2) is 13.1 Å². The first-order valence-electron chi connectivity index (χ1n) is 14.0. The molecule has 4 rings (SSSR count). The van der Waals surface area contributed by atoms with E-state index < -0.39 is 0 Å². The summed E-state index contributed by atoms with van der Waals surface area (Å²) in [6.45, 7) is 19.1. The third-order valence-electron chi connectivity index (χ3n) is 12.6. The van der Waals surface area contributed by atoms with Gasteiger partial charge in [0.15, 0.2) is 0 Å². The van der Waals surface area contributed by atoms with Gasteiger partial charge in [-0.2, -0.15) is 5.26 Å². The lowest BCUT2D eigenvalue weighted by Gasteiger charge is -2.70. The van der Waals surface area contributed by atoms with E-state index >= 15 is 0 Å². The highest BCUT2D eigenvalue weighted by Crippen LogP contribution is 2.76. The van der Waals surface area contributed by atoms with Gasteiger partial charge in [0.25, 0.3) is 0 Å². The monoisotopic (exact) mass is 467 g/mol. The van der Waals surface area contributed by atoms with Crippen LogP contribution in [0.5, 0.6) is 0 Å². The Hall–Kier alpha value is -1.30. The number of ether oxygens (including phenoxy) is 1. The first-order chi connectivity index (χ1) is 15.9. The molecular formula is C31H49NO2. The van der Waals surface area contributed by atoms with Crippen LogP contribution in [0.15, 0.2) is 12.2 Å². The number of fused-ring (bicyclic) bond motifs is 5. The van der Waals surface area contributed by atoms with Crippen LogP contribution in [0.2, 0.25) is 0 Å². The van der Waals surface area contributed by atoms with Gasteiger partial charge in [-0.3, -0.25) is 4.79 Å². The molecule has 0 N–H and O–H groups in total. The molecule has 4 saturated carbocycles. The van der Waals surface area contributed by atoms with Crippen LogP contribution < -0.4 is 0 Å². The molecule has 0 bridgehead atoms. The van der Waals surface area contributed by atoms with Crippen LogP contribution in [0.4, 0.5) is 0 Å². The van der Waals surface area contributed by atoms with Gasteiger partial charge in [-0.05, 0) is 116 Å². The second-order valence-electron chi connectivity index (χ2n) is 13.8. The number of rotatable bonds is 5. The van der Waals surface area contributed by atoms with Gasteiger partial charge in [0.2, 0.25) is 0 Å². The van der Waals surface area contributed by atoms with Gasteiger partial charge in [-0.15, -0.1) is 0 Å². The Balaban J connectivity index is 1.78. The molecule has 3 heteroatoms. The molecule has 3 nitrogen and oxygen atoms in total. The quantitative estimate of drug-likeness (QED) is 0.304. The summed E-state index contributed by atoms with van der Waals surface area (Å²) in [4.78, 5) is 13.4. The van der Waals surface area contributed by atoms with Crippen molar-refractivity contribution in [3.05, 3.63) is 12.2 Å². The van der Waals surface area contributed by atoms with Gasteiger partial charge in [0.1, 0.15) is 0 Å². The van der Waals surface area contributed by atoms with Gasteiger partial charge >= 0.3 is 5.97 Å². The molecule has 4 aliphatic rings. The molecule has 0 radical (unpaired) electrons. The maximum absolute atomic E-state index is 13.4. The van der Waals surface area contributed by atoms with Crippen molar-refractivity contribution < 1.29 is 9.53 Å².